The van der Waals surface area contributed by atoms with E-state index in [2.05, 4.69) is 53.5 Å². The molecule has 0 radical (unpaired) electrons. The molecule has 0 saturated carbocycles. The van der Waals surface area contributed by atoms with Crippen molar-refractivity contribution in [3.8, 4) is 0 Å². The summed E-state index contributed by atoms with van der Waals surface area (Å²) in [5, 5.41) is 4.40. The molecule has 20 heavy (non-hydrogen) atoms. The lowest BCUT2D eigenvalue weighted by Crippen LogP contribution is -2.31. The van der Waals surface area contributed by atoms with Gasteiger partial charge in [-0.25, -0.2) is 0 Å². The fraction of sp³-hybridized carbons (Fsp3) is 0.438. The quantitative estimate of drug-likeness (QED) is 0.835. The van der Waals surface area contributed by atoms with E-state index in [0.717, 1.165) is 31.7 Å². The summed E-state index contributed by atoms with van der Waals surface area (Å²) in [6, 6.07) is 10.6. The van der Waals surface area contributed by atoms with E-state index in [0.29, 0.717) is 6.54 Å². The van der Waals surface area contributed by atoms with Crippen LogP contribution in [0.25, 0.3) is 0 Å². The molecule has 2 N–H and O–H groups in total. The van der Waals surface area contributed by atoms with Crippen molar-refractivity contribution in [2.24, 2.45) is 12.8 Å². The number of rotatable bonds is 7. The van der Waals surface area contributed by atoms with E-state index in [1.807, 2.05) is 11.7 Å². The largest absolute Gasteiger partial charge is 0.329 e. The van der Waals surface area contributed by atoms with Gasteiger partial charge in [-0.1, -0.05) is 30.3 Å². The molecule has 0 fully saturated rings. The van der Waals surface area contributed by atoms with E-state index >= 15 is 0 Å². The molecule has 0 saturated heterocycles. The molecule has 0 atom stereocenters. The van der Waals surface area contributed by atoms with Gasteiger partial charge in [-0.2, -0.15) is 5.10 Å². The van der Waals surface area contributed by atoms with Crippen LogP contribution in [0.3, 0.4) is 0 Å². The van der Waals surface area contributed by atoms with Crippen molar-refractivity contribution in [3.63, 3.8) is 0 Å². The fourth-order valence-electron chi connectivity index (χ4n) is 2.43. The molecule has 0 amide bonds. The molecule has 0 aliphatic carbocycles. The van der Waals surface area contributed by atoms with Gasteiger partial charge in [0, 0.05) is 45.0 Å². The van der Waals surface area contributed by atoms with Gasteiger partial charge >= 0.3 is 0 Å². The number of aromatic nitrogens is 2. The number of aryl methyl sites for hydroxylation is 2. The Hall–Kier alpha value is -1.65. The van der Waals surface area contributed by atoms with E-state index in [9.17, 15) is 0 Å². The van der Waals surface area contributed by atoms with Crippen LogP contribution in [0.4, 0.5) is 0 Å². The molecule has 0 bridgehead atoms. The number of hydrogen-bond donors (Lipinski definition) is 1. The molecule has 1 aromatic heterocycles. The first-order valence-corrected chi connectivity index (χ1v) is 7.14. The van der Waals surface area contributed by atoms with Crippen molar-refractivity contribution in [1.82, 2.24) is 14.7 Å². The Labute approximate surface area is 121 Å². The molecular weight excluding hydrogens is 248 g/mol. The summed E-state index contributed by atoms with van der Waals surface area (Å²) in [7, 11) is 1.97. The lowest BCUT2D eigenvalue weighted by Gasteiger charge is -2.21. The van der Waals surface area contributed by atoms with Crippen LogP contribution in [-0.4, -0.2) is 34.3 Å². The second-order valence-electron chi connectivity index (χ2n) is 5.21. The molecule has 0 aliphatic rings. The van der Waals surface area contributed by atoms with Gasteiger partial charge in [0.1, 0.15) is 0 Å². The van der Waals surface area contributed by atoms with Crippen LogP contribution >= 0.6 is 0 Å². The van der Waals surface area contributed by atoms with Gasteiger partial charge in [-0.05, 0) is 18.9 Å². The molecule has 1 heterocycles. The average Bonchev–Trinajstić information content (AvgIpc) is 2.76. The Balaban J connectivity index is 1.95. The molecule has 1 aromatic carbocycles. The molecule has 4 heteroatoms. The van der Waals surface area contributed by atoms with Crippen LogP contribution in [0.5, 0.6) is 0 Å². The van der Waals surface area contributed by atoms with Crippen LogP contribution in [0.2, 0.25) is 0 Å². The van der Waals surface area contributed by atoms with Crippen LogP contribution in [0.1, 0.15) is 16.8 Å². The van der Waals surface area contributed by atoms with E-state index in [1.165, 1.54) is 11.1 Å². The van der Waals surface area contributed by atoms with E-state index in [4.69, 9.17) is 5.73 Å². The maximum atomic E-state index is 5.73. The minimum Gasteiger partial charge on any atom is -0.329 e. The summed E-state index contributed by atoms with van der Waals surface area (Å²) in [5.74, 6) is 0. The van der Waals surface area contributed by atoms with Gasteiger partial charge in [0.2, 0.25) is 0 Å². The zero-order chi connectivity index (χ0) is 14.4. The second-order valence-corrected chi connectivity index (χ2v) is 5.21. The molecule has 0 spiro atoms. The van der Waals surface area contributed by atoms with Gasteiger partial charge in [0.15, 0.2) is 0 Å². The highest BCUT2D eigenvalue weighted by Gasteiger charge is 2.09. The predicted octanol–water partition coefficient (Wildman–Crippen LogP) is 1.73. The summed E-state index contributed by atoms with van der Waals surface area (Å²) in [5.41, 5.74) is 9.50. The Morgan fingerprint density at radius 2 is 1.95 bits per heavy atom. The first-order valence-electron chi connectivity index (χ1n) is 7.14. The summed E-state index contributed by atoms with van der Waals surface area (Å²) >= 11 is 0. The van der Waals surface area contributed by atoms with Crippen LogP contribution in [0.15, 0.2) is 36.5 Å². The lowest BCUT2D eigenvalue weighted by molar-refractivity contribution is 0.276. The monoisotopic (exact) mass is 272 g/mol. The number of nitrogens with zero attached hydrogens (tertiary/aromatic N) is 3. The van der Waals surface area contributed by atoms with E-state index in [-0.39, 0.29) is 0 Å². The van der Waals surface area contributed by atoms with E-state index in [1.54, 1.807) is 0 Å². The summed E-state index contributed by atoms with van der Waals surface area (Å²) < 4.78 is 1.88. The first kappa shape index (κ1) is 14.8. The average molecular weight is 272 g/mol. The van der Waals surface area contributed by atoms with Crippen LogP contribution in [-0.2, 0) is 20.0 Å². The molecule has 2 rings (SSSR count). The van der Waals surface area contributed by atoms with Crippen LogP contribution < -0.4 is 5.73 Å². The van der Waals surface area contributed by atoms with Gasteiger partial charge in [0.25, 0.3) is 0 Å². The molecule has 0 unspecified atom stereocenters. The first-order chi connectivity index (χ1) is 9.69. The molecular formula is C16H24N4. The third-order valence-electron chi connectivity index (χ3n) is 3.51. The van der Waals surface area contributed by atoms with Gasteiger partial charge in [-0.3, -0.25) is 9.58 Å². The number of nitrogens with two attached hydrogens (primary N) is 1. The smallest absolute Gasteiger partial charge is 0.0638 e. The third kappa shape index (κ3) is 4.18. The van der Waals surface area contributed by atoms with Crippen molar-refractivity contribution in [2.75, 3.05) is 19.6 Å². The maximum Gasteiger partial charge on any atom is 0.0638 e. The highest BCUT2D eigenvalue weighted by Crippen LogP contribution is 2.10. The van der Waals surface area contributed by atoms with Gasteiger partial charge < -0.3 is 5.73 Å². The lowest BCUT2D eigenvalue weighted by atomic mass is 10.1. The minimum atomic E-state index is 0.689. The molecule has 0 aliphatic heterocycles. The molecule has 2 aromatic rings. The van der Waals surface area contributed by atoms with Crippen molar-refractivity contribution in [1.29, 1.82) is 0 Å². The summed E-state index contributed by atoms with van der Waals surface area (Å²) in [4.78, 5) is 2.40. The Bertz CT molecular complexity index is 519. The highest BCUT2D eigenvalue weighted by molar-refractivity contribution is 5.16. The Morgan fingerprint density at radius 1 is 1.20 bits per heavy atom. The molecule has 4 nitrogen and oxygen atoms in total. The third-order valence-corrected chi connectivity index (χ3v) is 3.51. The normalized spacial score (nSPS) is 11.2. The zero-order valence-corrected chi connectivity index (χ0v) is 12.4. The zero-order valence-electron chi connectivity index (χ0n) is 12.4. The van der Waals surface area contributed by atoms with Crippen molar-refractivity contribution >= 4 is 0 Å². The highest BCUT2D eigenvalue weighted by atomic mass is 15.3. The van der Waals surface area contributed by atoms with Crippen molar-refractivity contribution in [2.45, 2.75) is 19.9 Å². The van der Waals surface area contributed by atoms with E-state index < -0.39 is 0 Å². The second kappa shape index (κ2) is 7.22. The van der Waals surface area contributed by atoms with Crippen LogP contribution in [0, 0.1) is 6.92 Å². The minimum absolute atomic E-state index is 0.689. The van der Waals surface area contributed by atoms with Gasteiger partial charge in [-0.15, -0.1) is 0 Å². The maximum absolute atomic E-state index is 5.73. The fourth-order valence-corrected chi connectivity index (χ4v) is 2.43. The Kier molecular flexibility index (Phi) is 5.32. The number of benzene rings is 1. The standard InChI is InChI=1S/C16H24N4/c1-14-16(12-19(2)18-14)13-20(11-9-17)10-8-15-6-4-3-5-7-15/h3-7,12H,8-11,13,17H2,1-2H3. The van der Waals surface area contributed by atoms with Gasteiger partial charge in [0.05, 0.1) is 5.69 Å². The van der Waals surface area contributed by atoms with Crippen molar-refractivity contribution < 1.29 is 0 Å². The summed E-state index contributed by atoms with van der Waals surface area (Å²) in [6.45, 7) is 5.61. The number of hydrogen-bond acceptors (Lipinski definition) is 3. The molecule has 108 valence electrons. The summed E-state index contributed by atoms with van der Waals surface area (Å²) in [6.07, 6.45) is 3.15. The Morgan fingerprint density at radius 3 is 2.55 bits per heavy atom. The van der Waals surface area contributed by atoms with Crippen molar-refractivity contribution in [3.05, 3.63) is 53.3 Å². The SMILES string of the molecule is Cc1nn(C)cc1CN(CCN)CCc1ccccc1. The topological polar surface area (TPSA) is 47.1 Å². The predicted molar refractivity (Wildman–Crippen MR) is 82.4 cm³/mol.